The molecule has 0 bridgehead atoms. The zero-order valence-electron chi connectivity index (χ0n) is 14.9. The first-order chi connectivity index (χ1) is 13.1. The number of nitrogens with zero attached hydrogens (tertiary/aromatic N) is 2. The van der Waals surface area contributed by atoms with Gasteiger partial charge in [-0.2, -0.15) is 5.26 Å². The Balaban J connectivity index is 1.82. The van der Waals surface area contributed by atoms with E-state index in [0.717, 1.165) is 16.6 Å². The molecule has 1 N–H and O–H groups in total. The number of carbonyl (C=O) groups excluding carboxylic acids is 1. The van der Waals surface area contributed by atoms with Crippen LogP contribution in [-0.4, -0.2) is 36.8 Å². The molecule has 0 atom stereocenters. The predicted molar refractivity (Wildman–Crippen MR) is 100 cm³/mol. The number of rotatable bonds is 6. The highest BCUT2D eigenvalue weighted by molar-refractivity contribution is 5.90. The SMILES string of the molecule is COC(=O)COc1ccc(/C=C(/C#N)c2nc3ccc(OC)cc3[nH]2)cc1. The summed E-state index contributed by atoms with van der Waals surface area (Å²) in [5.74, 6) is 1.27. The van der Waals surface area contributed by atoms with E-state index in [0.29, 0.717) is 22.9 Å². The fourth-order valence-electron chi connectivity index (χ4n) is 2.42. The number of benzene rings is 2. The van der Waals surface area contributed by atoms with Crippen LogP contribution in [0.2, 0.25) is 0 Å². The number of carbonyl (C=O) groups is 1. The summed E-state index contributed by atoms with van der Waals surface area (Å²) in [6, 6.07) is 14.6. The number of imidazole rings is 1. The Morgan fingerprint density at radius 1 is 1.19 bits per heavy atom. The summed E-state index contributed by atoms with van der Waals surface area (Å²) >= 11 is 0. The van der Waals surface area contributed by atoms with Gasteiger partial charge in [0.2, 0.25) is 0 Å². The van der Waals surface area contributed by atoms with E-state index >= 15 is 0 Å². The van der Waals surface area contributed by atoms with Gasteiger partial charge in [-0.15, -0.1) is 0 Å². The molecule has 0 saturated heterocycles. The van der Waals surface area contributed by atoms with Crippen LogP contribution < -0.4 is 9.47 Å². The van der Waals surface area contributed by atoms with Crippen molar-refractivity contribution in [2.75, 3.05) is 20.8 Å². The summed E-state index contributed by atoms with van der Waals surface area (Å²) in [4.78, 5) is 18.7. The third-order valence-corrected chi connectivity index (χ3v) is 3.84. The number of hydrogen-bond acceptors (Lipinski definition) is 6. The van der Waals surface area contributed by atoms with Gasteiger partial charge >= 0.3 is 5.97 Å². The van der Waals surface area contributed by atoms with Crippen molar-refractivity contribution in [1.82, 2.24) is 9.97 Å². The first kappa shape index (κ1) is 18.0. The smallest absolute Gasteiger partial charge is 0.343 e. The predicted octanol–water partition coefficient (Wildman–Crippen LogP) is 3.19. The van der Waals surface area contributed by atoms with Gasteiger partial charge < -0.3 is 19.2 Å². The van der Waals surface area contributed by atoms with Crippen molar-refractivity contribution in [3.63, 3.8) is 0 Å². The molecule has 0 unspecified atom stereocenters. The van der Waals surface area contributed by atoms with Crippen molar-refractivity contribution in [3.05, 3.63) is 53.9 Å². The molecule has 0 fully saturated rings. The number of hydrogen-bond donors (Lipinski definition) is 1. The highest BCUT2D eigenvalue weighted by Gasteiger charge is 2.09. The van der Waals surface area contributed by atoms with Crippen molar-refractivity contribution >= 4 is 28.7 Å². The third-order valence-electron chi connectivity index (χ3n) is 3.84. The van der Waals surface area contributed by atoms with E-state index < -0.39 is 5.97 Å². The summed E-state index contributed by atoms with van der Waals surface area (Å²) < 4.78 is 15.0. The first-order valence-electron chi connectivity index (χ1n) is 8.08. The molecule has 27 heavy (non-hydrogen) atoms. The Morgan fingerprint density at radius 3 is 2.59 bits per heavy atom. The molecule has 7 nitrogen and oxygen atoms in total. The topological polar surface area (TPSA) is 97.2 Å². The zero-order chi connectivity index (χ0) is 19.2. The van der Waals surface area contributed by atoms with Gasteiger partial charge in [0.05, 0.1) is 30.8 Å². The van der Waals surface area contributed by atoms with Crippen molar-refractivity contribution in [3.8, 4) is 17.6 Å². The lowest BCUT2D eigenvalue weighted by atomic mass is 10.1. The molecule has 3 aromatic rings. The standard InChI is InChI=1S/C20H17N3O4/c1-25-16-7-8-17-18(10-16)23-20(22-17)14(11-21)9-13-3-5-15(6-4-13)27-12-19(24)26-2/h3-10H,12H2,1-2H3,(H,22,23)/b14-9-. The van der Waals surface area contributed by atoms with E-state index in [-0.39, 0.29) is 6.61 Å². The molecule has 0 aliphatic heterocycles. The fraction of sp³-hybridized carbons (Fsp3) is 0.150. The lowest BCUT2D eigenvalue weighted by molar-refractivity contribution is -0.142. The van der Waals surface area contributed by atoms with Crippen LogP contribution in [0.3, 0.4) is 0 Å². The number of esters is 1. The first-order valence-corrected chi connectivity index (χ1v) is 8.08. The van der Waals surface area contributed by atoms with Crippen LogP contribution in [0.1, 0.15) is 11.4 Å². The Kier molecular flexibility index (Phi) is 5.38. The van der Waals surface area contributed by atoms with Crippen LogP contribution in [0, 0.1) is 11.3 Å². The number of ether oxygens (including phenoxy) is 3. The lowest BCUT2D eigenvalue weighted by Crippen LogP contribution is -2.12. The van der Waals surface area contributed by atoms with Gasteiger partial charge in [-0.25, -0.2) is 9.78 Å². The van der Waals surface area contributed by atoms with Crippen LogP contribution >= 0.6 is 0 Å². The van der Waals surface area contributed by atoms with Gasteiger partial charge in [0.25, 0.3) is 0 Å². The van der Waals surface area contributed by atoms with Crippen molar-refractivity contribution in [2.45, 2.75) is 0 Å². The molecule has 3 rings (SSSR count). The van der Waals surface area contributed by atoms with Gasteiger partial charge in [0, 0.05) is 6.07 Å². The second kappa shape index (κ2) is 8.06. The highest BCUT2D eigenvalue weighted by Crippen LogP contribution is 2.23. The fourth-order valence-corrected chi connectivity index (χ4v) is 2.42. The van der Waals surface area contributed by atoms with E-state index in [2.05, 4.69) is 20.8 Å². The van der Waals surface area contributed by atoms with Crippen LogP contribution in [0.5, 0.6) is 11.5 Å². The van der Waals surface area contributed by atoms with Crippen LogP contribution in [0.15, 0.2) is 42.5 Å². The molecule has 7 heteroatoms. The summed E-state index contributed by atoms with van der Waals surface area (Å²) in [6.07, 6.45) is 1.72. The van der Waals surface area contributed by atoms with Crippen LogP contribution in [0.25, 0.3) is 22.7 Å². The number of allylic oxidation sites excluding steroid dienone is 1. The average Bonchev–Trinajstić information content (AvgIpc) is 3.13. The largest absolute Gasteiger partial charge is 0.497 e. The molecule has 136 valence electrons. The summed E-state index contributed by atoms with van der Waals surface area (Å²) in [5, 5.41) is 9.51. The minimum Gasteiger partial charge on any atom is -0.497 e. The van der Waals surface area contributed by atoms with Gasteiger partial charge in [-0.05, 0) is 35.9 Å². The van der Waals surface area contributed by atoms with Gasteiger partial charge in [0.15, 0.2) is 6.61 Å². The van der Waals surface area contributed by atoms with Crippen LogP contribution in [0.4, 0.5) is 0 Å². The van der Waals surface area contributed by atoms with E-state index in [9.17, 15) is 10.1 Å². The second-order valence-corrected chi connectivity index (χ2v) is 5.57. The Morgan fingerprint density at radius 2 is 1.93 bits per heavy atom. The number of nitrogens with one attached hydrogen (secondary N) is 1. The zero-order valence-corrected chi connectivity index (χ0v) is 14.9. The number of fused-ring (bicyclic) bond motifs is 1. The number of H-pyrrole nitrogens is 1. The highest BCUT2D eigenvalue weighted by atomic mass is 16.6. The monoisotopic (exact) mass is 363 g/mol. The van der Waals surface area contributed by atoms with Crippen LogP contribution in [-0.2, 0) is 9.53 Å². The third kappa shape index (κ3) is 4.25. The summed E-state index contributed by atoms with van der Waals surface area (Å²) in [5.41, 5.74) is 2.74. The number of methoxy groups -OCH3 is 2. The molecule has 1 aromatic heterocycles. The molecule has 1 heterocycles. The van der Waals surface area contributed by atoms with E-state index in [1.165, 1.54) is 7.11 Å². The minimum absolute atomic E-state index is 0.155. The van der Waals surface area contributed by atoms with Crippen molar-refractivity contribution in [1.29, 1.82) is 5.26 Å². The Bertz CT molecular complexity index is 1030. The maximum absolute atomic E-state index is 11.1. The summed E-state index contributed by atoms with van der Waals surface area (Å²) in [7, 11) is 2.90. The molecule has 0 amide bonds. The van der Waals surface area contributed by atoms with E-state index in [1.54, 1.807) is 37.5 Å². The molecule has 0 saturated carbocycles. The molecular weight excluding hydrogens is 346 g/mol. The second-order valence-electron chi connectivity index (χ2n) is 5.57. The molecule has 0 aliphatic carbocycles. The van der Waals surface area contributed by atoms with E-state index in [4.69, 9.17) is 9.47 Å². The number of nitriles is 1. The summed E-state index contributed by atoms with van der Waals surface area (Å²) in [6.45, 7) is -0.155. The molecule has 0 aliphatic rings. The number of aromatic nitrogens is 2. The number of aromatic amines is 1. The normalized spacial score (nSPS) is 11.1. The van der Waals surface area contributed by atoms with Gasteiger partial charge in [0.1, 0.15) is 23.4 Å². The maximum atomic E-state index is 11.1. The maximum Gasteiger partial charge on any atom is 0.343 e. The van der Waals surface area contributed by atoms with Crippen molar-refractivity contribution < 1.29 is 19.0 Å². The Hall–Kier alpha value is -3.79. The molecule has 2 aromatic carbocycles. The molecule has 0 radical (unpaired) electrons. The van der Waals surface area contributed by atoms with Gasteiger partial charge in [-0.3, -0.25) is 0 Å². The molecule has 0 spiro atoms. The molecular formula is C20H17N3O4. The minimum atomic E-state index is -0.452. The lowest BCUT2D eigenvalue weighted by Gasteiger charge is -2.04. The quantitative estimate of drug-likeness (QED) is 0.534. The average molecular weight is 363 g/mol. The van der Waals surface area contributed by atoms with Gasteiger partial charge in [-0.1, -0.05) is 12.1 Å². The Labute approximate surface area is 155 Å². The van der Waals surface area contributed by atoms with E-state index in [1.807, 2.05) is 18.2 Å². The van der Waals surface area contributed by atoms with Crippen molar-refractivity contribution in [2.24, 2.45) is 0 Å².